The number of nitrogens with two attached hydrogens (primary N) is 1. The molecule has 0 aliphatic heterocycles. The van der Waals surface area contributed by atoms with Crippen molar-refractivity contribution >= 4 is 15.9 Å². The lowest BCUT2D eigenvalue weighted by Crippen LogP contribution is -2.44. The van der Waals surface area contributed by atoms with Crippen LogP contribution < -0.4 is 5.73 Å². The van der Waals surface area contributed by atoms with Gasteiger partial charge in [0.1, 0.15) is 0 Å². The van der Waals surface area contributed by atoms with Crippen LogP contribution in [-0.4, -0.2) is 37.7 Å². The Labute approximate surface area is 125 Å². The zero-order chi connectivity index (χ0) is 14.4. The van der Waals surface area contributed by atoms with E-state index in [9.17, 15) is 0 Å². The molecular weight excluding hydrogens is 304 g/mol. The number of nitrogens with zero attached hydrogens (tertiary/aromatic N) is 1. The molecular formula is C15H25BrN2O. The van der Waals surface area contributed by atoms with E-state index in [1.54, 1.807) is 7.11 Å². The highest BCUT2D eigenvalue weighted by Gasteiger charge is 2.27. The monoisotopic (exact) mass is 328 g/mol. The third kappa shape index (κ3) is 4.28. The maximum Gasteiger partial charge on any atom is 0.0615 e. The van der Waals surface area contributed by atoms with Gasteiger partial charge in [0.15, 0.2) is 0 Å². The van der Waals surface area contributed by atoms with Gasteiger partial charge < -0.3 is 10.5 Å². The predicted octanol–water partition coefficient (Wildman–Crippen LogP) is 3.19. The van der Waals surface area contributed by atoms with Gasteiger partial charge in [-0.3, -0.25) is 4.90 Å². The summed E-state index contributed by atoms with van der Waals surface area (Å²) in [7, 11) is 3.85. The lowest BCUT2D eigenvalue weighted by molar-refractivity contribution is 0.0791. The van der Waals surface area contributed by atoms with Crippen LogP contribution in [0.1, 0.15) is 31.9 Å². The van der Waals surface area contributed by atoms with Crippen LogP contribution in [0.25, 0.3) is 0 Å². The fourth-order valence-corrected chi connectivity index (χ4v) is 2.84. The van der Waals surface area contributed by atoms with E-state index in [0.29, 0.717) is 12.6 Å². The number of benzene rings is 1. The third-order valence-electron chi connectivity index (χ3n) is 3.64. The van der Waals surface area contributed by atoms with E-state index in [-0.39, 0.29) is 12.1 Å². The van der Waals surface area contributed by atoms with Gasteiger partial charge in [-0.1, -0.05) is 41.1 Å². The normalized spacial score (nSPS) is 16.4. The van der Waals surface area contributed by atoms with Crippen LogP contribution in [0, 0.1) is 0 Å². The summed E-state index contributed by atoms with van der Waals surface area (Å²) in [4.78, 5) is 2.30. The second kappa shape index (κ2) is 8.00. The average molecular weight is 329 g/mol. The first kappa shape index (κ1) is 16.6. The summed E-state index contributed by atoms with van der Waals surface area (Å²) in [5.74, 6) is 0. The second-order valence-corrected chi connectivity index (χ2v) is 5.86. The molecule has 0 aromatic heterocycles. The minimum absolute atomic E-state index is 0.100. The Hall–Kier alpha value is -0.420. The minimum atomic E-state index is 0.100. The highest BCUT2D eigenvalue weighted by molar-refractivity contribution is 9.10. The molecule has 2 N–H and O–H groups in total. The van der Waals surface area contributed by atoms with Gasteiger partial charge in [0.25, 0.3) is 0 Å². The van der Waals surface area contributed by atoms with Crippen LogP contribution in [0.3, 0.4) is 0 Å². The molecule has 3 nitrogen and oxygen atoms in total. The smallest absolute Gasteiger partial charge is 0.0615 e. The van der Waals surface area contributed by atoms with Crippen molar-refractivity contribution in [2.24, 2.45) is 5.73 Å². The molecule has 0 aliphatic rings. The highest BCUT2D eigenvalue weighted by atomic mass is 79.9. The van der Waals surface area contributed by atoms with Crippen molar-refractivity contribution in [1.29, 1.82) is 0 Å². The summed E-state index contributed by atoms with van der Waals surface area (Å²) in [5.41, 5.74) is 7.59. The van der Waals surface area contributed by atoms with Crippen molar-refractivity contribution in [3.05, 3.63) is 34.3 Å². The quantitative estimate of drug-likeness (QED) is 0.835. The average Bonchev–Trinajstić information content (AvgIpc) is 2.41. The van der Waals surface area contributed by atoms with Crippen LogP contribution in [0.5, 0.6) is 0 Å². The Morgan fingerprint density at radius 3 is 2.53 bits per heavy atom. The molecule has 1 rings (SSSR count). The first-order chi connectivity index (χ1) is 9.02. The summed E-state index contributed by atoms with van der Waals surface area (Å²) < 4.78 is 6.37. The Morgan fingerprint density at radius 1 is 1.37 bits per heavy atom. The molecule has 108 valence electrons. The molecule has 3 atom stereocenters. The van der Waals surface area contributed by atoms with E-state index < -0.39 is 0 Å². The van der Waals surface area contributed by atoms with Gasteiger partial charge in [-0.25, -0.2) is 0 Å². The van der Waals surface area contributed by atoms with E-state index in [1.807, 2.05) is 6.07 Å². The largest absolute Gasteiger partial charge is 0.383 e. The molecule has 0 aliphatic carbocycles. The van der Waals surface area contributed by atoms with E-state index in [4.69, 9.17) is 10.5 Å². The highest BCUT2D eigenvalue weighted by Crippen LogP contribution is 2.31. The fourth-order valence-electron chi connectivity index (χ4n) is 2.32. The standard InChI is InChI=1S/C15H25BrN2O/c1-5-14(17)15(18(3)11(2)10-19-4)12-8-6-7-9-13(12)16/h6-9,11,14-15H,5,10,17H2,1-4H3. The van der Waals surface area contributed by atoms with E-state index in [1.165, 1.54) is 5.56 Å². The van der Waals surface area contributed by atoms with Crippen molar-refractivity contribution in [2.75, 3.05) is 20.8 Å². The van der Waals surface area contributed by atoms with Gasteiger partial charge in [-0.2, -0.15) is 0 Å². The van der Waals surface area contributed by atoms with Gasteiger partial charge >= 0.3 is 0 Å². The maximum absolute atomic E-state index is 6.35. The van der Waals surface area contributed by atoms with Gasteiger partial charge in [0.2, 0.25) is 0 Å². The summed E-state index contributed by atoms with van der Waals surface area (Å²) in [6.07, 6.45) is 0.941. The molecule has 0 saturated carbocycles. The van der Waals surface area contributed by atoms with Crippen molar-refractivity contribution in [3.8, 4) is 0 Å². The molecule has 0 saturated heterocycles. The molecule has 19 heavy (non-hydrogen) atoms. The minimum Gasteiger partial charge on any atom is -0.383 e. The number of likely N-dealkylation sites (N-methyl/N-ethyl adjacent to an activating group) is 1. The molecule has 1 aromatic rings. The number of hydrogen-bond donors (Lipinski definition) is 1. The topological polar surface area (TPSA) is 38.5 Å². The summed E-state index contributed by atoms with van der Waals surface area (Å²) in [6.45, 7) is 4.99. The lowest BCUT2D eigenvalue weighted by Gasteiger charge is -2.37. The molecule has 0 spiro atoms. The Balaban J connectivity index is 3.05. The molecule has 3 unspecified atom stereocenters. The van der Waals surface area contributed by atoms with Crippen LogP contribution in [0.2, 0.25) is 0 Å². The maximum atomic E-state index is 6.35. The summed E-state index contributed by atoms with van der Waals surface area (Å²) in [6, 6.07) is 8.90. The molecule has 0 bridgehead atoms. The Kier molecular flexibility index (Phi) is 7.00. The van der Waals surface area contributed by atoms with Crippen molar-refractivity contribution < 1.29 is 4.74 Å². The van der Waals surface area contributed by atoms with Gasteiger partial charge in [0, 0.05) is 23.7 Å². The van der Waals surface area contributed by atoms with Gasteiger partial charge in [0.05, 0.1) is 12.6 Å². The zero-order valence-corrected chi connectivity index (χ0v) is 13.9. The Morgan fingerprint density at radius 2 is 2.00 bits per heavy atom. The third-order valence-corrected chi connectivity index (χ3v) is 4.36. The van der Waals surface area contributed by atoms with E-state index in [2.05, 4.69) is 59.9 Å². The molecule has 0 fully saturated rings. The lowest BCUT2D eigenvalue weighted by atomic mass is 9.95. The molecule has 4 heteroatoms. The van der Waals surface area contributed by atoms with Crippen molar-refractivity contribution in [2.45, 2.75) is 38.4 Å². The molecule has 0 heterocycles. The summed E-state index contributed by atoms with van der Waals surface area (Å²) in [5, 5.41) is 0. The Bertz CT molecular complexity index is 386. The van der Waals surface area contributed by atoms with Crippen molar-refractivity contribution in [3.63, 3.8) is 0 Å². The van der Waals surface area contributed by atoms with Crippen molar-refractivity contribution in [1.82, 2.24) is 4.90 Å². The number of rotatable bonds is 7. The van der Waals surface area contributed by atoms with Crippen LogP contribution in [-0.2, 0) is 4.74 Å². The van der Waals surface area contributed by atoms with Crippen LogP contribution in [0.4, 0.5) is 0 Å². The number of halogens is 1. The van der Waals surface area contributed by atoms with Gasteiger partial charge in [-0.15, -0.1) is 0 Å². The molecule has 0 radical (unpaired) electrons. The first-order valence-electron chi connectivity index (χ1n) is 6.73. The zero-order valence-electron chi connectivity index (χ0n) is 12.3. The van der Waals surface area contributed by atoms with Crippen LogP contribution >= 0.6 is 15.9 Å². The predicted molar refractivity (Wildman–Crippen MR) is 84.3 cm³/mol. The first-order valence-corrected chi connectivity index (χ1v) is 7.53. The van der Waals surface area contributed by atoms with Gasteiger partial charge in [-0.05, 0) is 32.0 Å². The number of hydrogen-bond acceptors (Lipinski definition) is 3. The van der Waals surface area contributed by atoms with E-state index >= 15 is 0 Å². The second-order valence-electron chi connectivity index (χ2n) is 5.01. The fraction of sp³-hybridized carbons (Fsp3) is 0.600. The number of ether oxygens (including phenoxy) is 1. The van der Waals surface area contributed by atoms with Crippen LogP contribution in [0.15, 0.2) is 28.7 Å². The number of methoxy groups -OCH3 is 1. The molecule has 0 amide bonds. The van der Waals surface area contributed by atoms with E-state index in [0.717, 1.165) is 10.9 Å². The summed E-state index contributed by atoms with van der Waals surface area (Å²) >= 11 is 3.64. The molecule has 1 aromatic carbocycles. The SMILES string of the molecule is CCC(N)C(c1ccccc1Br)N(C)C(C)COC.